The second-order valence-electron chi connectivity index (χ2n) is 6.58. The van der Waals surface area contributed by atoms with E-state index in [2.05, 4.69) is 15.4 Å². The van der Waals surface area contributed by atoms with Crippen molar-refractivity contribution in [2.24, 2.45) is 0 Å². The lowest BCUT2D eigenvalue weighted by atomic mass is 10.1. The Kier molecular flexibility index (Phi) is 6.78. The van der Waals surface area contributed by atoms with Crippen LogP contribution < -0.4 is 5.32 Å². The summed E-state index contributed by atoms with van der Waals surface area (Å²) in [5, 5.41) is 8.76. The van der Waals surface area contributed by atoms with Crippen LogP contribution in [0, 0.1) is 0 Å². The van der Waals surface area contributed by atoms with Crippen LogP contribution in [0.1, 0.15) is 31.4 Å². The fraction of sp³-hybridized carbons (Fsp3) is 0.316. The SMILES string of the molecule is CC(NC(=O)CCCN(C)S(=O)(=O)c1cccs1)c1ccc(-n2cncn2)cc1. The van der Waals surface area contributed by atoms with Crippen molar-refractivity contribution in [1.82, 2.24) is 24.4 Å². The molecule has 0 fully saturated rings. The Bertz CT molecular complexity index is 1020. The highest BCUT2D eigenvalue weighted by molar-refractivity contribution is 7.91. The normalized spacial score (nSPS) is 12.8. The first-order valence-electron chi connectivity index (χ1n) is 9.12. The molecule has 0 aliphatic heterocycles. The molecule has 0 aliphatic rings. The van der Waals surface area contributed by atoms with Crippen molar-refractivity contribution in [3.8, 4) is 5.69 Å². The molecule has 2 aromatic heterocycles. The average molecular weight is 434 g/mol. The number of carbonyl (C=O) groups is 1. The second-order valence-corrected chi connectivity index (χ2v) is 9.80. The molecule has 1 unspecified atom stereocenters. The maximum Gasteiger partial charge on any atom is 0.252 e. The van der Waals surface area contributed by atoms with Crippen molar-refractivity contribution in [3.05, 3.63) is 60.0 Å². The predicted molar refractivity (Wildman–Crippen MR) is 111 cm³/mol. The molecule has 10 heteroatoms. The topological polar surface area (TPSA) is 97.2 Å². The lowest BCUT2D eigenvalue weighted by Gasteiger charge is -2.17. The Balaban J connectivity index is 1.46. The molecule has 2 heterocycles. The summed E-state index contributed by atoms with van der Waals surface area (Å²) in [5.41, 5.74) is 1.86. The van der Waals surface area contributed by atoms with Crippen molar-refractivity contribution in [3.63, 3.8) is 0 Å². The van der Waals surface area contributed by atoms with E-state index in [1.807, 2.05) is 31.2 Å². The first-order chi connectivity index (χ1) is 13.9. The third kappa shape index (κ3) is 5.28. The number of rotatable bonds is 9. The number of hydrogen-bond donors (Lipinski definition) is 1. The molecule has 0 saturated carbocycles. The second kappa shape index (κ2) is 9.29. The van der Waals surface area contributed by atoms with E-state index in [1.165, 1.54) is 29.0 Å². The highest BCUT2D eigenvalue weighted by Crippen LogP contribution is 2.20. The smallest absolute Gasteiger partial charge is 0.252 e. The summed E-state index contributed by atoms with van der Waals surface area (Å²) < 4.78 is 28.0. The van der Waals surface area contributed by atoms with Crippen LogP contribution in [0.5, 0.6) is 0 Å². The zero-order valence-electron chi connectivity index (χ0n) is 16.2. The fourth-order valence-electron chi connectivity index (χ4n) is 2.80. The van der Waals surface area contributed by atoms with Gasteiger partial charge in [0, 0.05) is 20.0 Å². The van der Waals surface area contributed by atoms with E-state index >= 15 is 0 Å². The minimum absolute atomic E-state index is 0.111. The zero-order valence-corrected chi connectivity index (χ0v) is 17.9. The maximum absolute atomic E-state index is 12.4. The Hall–Kier alpha value is -2.56. The number of carbonyl (C=O) groups excluding carboxylic acids is 1. The highest BCUT2D eigenvalue weighted by Gasteiger charge is 2.21. The van der Waals surface area contributed by atoms with Gasteiger partial charge in [-0.3, -0.25) is 4.79 Å². The van der Waals surface area contributed by atoms with Gasteiger partial charge in [0.05, 0.1) is 11.7 Å². The number of amides is 1. The summed E-state index contributed by atoms with van der Waals surface area (Å²) in [7, 11) is -1.94. The Morgan fingerprint density at radius 2 is 2.03 bits per heavy atom. The summed E-state index contributed by atoms with van der Waals surface area (Å²) in [6.45, 7) is 2.20. The quantitative estimate of drug-likeness (QED) is 0.559. The number of thiophene rings is 1. The van der Waals surface area contributed by atoms with Gasteiger partial charge in [0.25, 0.3) is 10.0 Å². The molecule has 0 saturated heterocycles. The van der Waals surface area contributed by atoms with Gasteiger partial charge in [-0.25, -0.2) is 22.4 Å². The number of sulfonamides is 1. The van der Waals surface area contributed by atoms with Crippen molar-refractivity contribution in [1.29, 1.82) is 0 Å². The molecule has 29 heavy (non-hydrogen) atoms. The largest absolute Gasteiger partial charge is 0.350 e. The van der Waals surface area contributed by atoms with E-state index in [1.54, 1.807) is 28.5 Å². The molecule has 1 amide bonds. The van der Waals surface area contributed by atoms with Crippen LogP contribution in [-0.2, 0) is 14.8 Å². The van der Waals surface area contributed by atoms with Crippen LogP contribution in [0.25, 0.3) is 5.69 Å². The average Bonchev–Trinajstić information content (AvgIpc) is 3.42. The van der Waals surface area contributed by atoms with Gasteiger partial charge < -0.3 is 5.32 Å². The maximum atomic E-state index is 12.4. The lowest BCUT2D eigenvalue weighted by molar-refractivity contribution is -0.121. The van der Waals surface area contributed by atoms with Crippen LogP contribution in [0.3, 0.4) is 0 Å². The lowest BCUT2D eigenvalue weighted by Crippen LogP contribution is -2.30. The molecule has 0 bridgehead atoms. The van der Waals surface area contributed by atoms with E-state index in [9.17, 15) is 13.2 Å². The molecule has 0 radical (unpaired) electrons. The minimum atomic E-state index is -3.47. The minimum Gasteiger partial charge on any atom is -0.350 e. The van der Waals surface area contributed by atoms with Gasteiger partial charge in [0.1, 0.15) is 16.9 Å². The first kappa shape index (κ1) is 21.2. The van der Waals surface area contributed by atoms with Gasteiger partial charge in [0.2, 0.25) is 5.91 Å². The summed E-state index contributed by atoms with van der Waals surface area (Å²) >= 11 is 1.19. The first-order valence-corrected chi connectivity index (χ1v) is 11.4. The van der Waals surface area contributed by atoms with Crippen LogP contribution in [0.15, 0.2) is 58.6 Å². The van der Waals surface area contributed by atoms with Crippen LogP contribution in [-0.4, -0.2) is 47.0 Å². The van der Waals surface area contributed by atoms with Crippen molar-refractivity contribution < 1.29 is 13.2 Å². The van der Waals surface area contributed by atoms with Gasteiger partial charge in [-0.15, -0.1) is 11.3 Å². The van der Waals surface area contributed by atoms with Gasteiger partial charge in [-0.1, -0.05) is 18.2 Å². The van der Waals surface area contributed by atoms with E-state index in [0.29, 0.717) is 10.6 Å². The van der Waals surface area contributed by atoms with E-state index in [0.717, 1.165) is 11.3 Å². The van der Waals surface area contributed by atoms with E-state index < -0.39 is 10.0 Å². The van der Waals surface area contributed by atoms with Crippen molar-refractivity contribution in [2.45, 2.75) is 30.0 Å². The van der Waals surface area contributed by atoms with E-state index in [-0.39, 0.29) is 24.9 Å². The molecule has 3 aromatic rings. The third-order valence-corrected chi connectivity index (χ3v) is 7.72. The zero-order chi connectivity index (χ0) is 20.9. The predicted octanol–water partition coefficient (Wildman–Crippen LogP) is 2.61. The summed E-state index contributed by atoms with van der Waals surface area (Å²) in [6, 6.07) is 10.8. The number of aromatic nitrogens is 3. The molecule has 1 N–H and O–H groups in total. The summed E-state index contributed by atoms with van der Waals surface area (Å²) in [6.07, 6.45) is 3.80. The monoisotopic (exact) mass is 433 g/mol. The summed E-state index contributed by atoms with van der Waals surface area (Å²) in [5.74, 6) is -0.111. The number of hydrogen-bond acceptors (Lipinski definition) is 6. The molecule has 1 atom stereocenters. The molecule has 0 aliphatic carbocycles. The Morgan fingerprint density at radius 3 is 2.66 bits per heavy atom. The molecular weight excluding hydrogens is 410 g/mol. The van der Waals surface area contributed by atoms with Gasteiger partial charge >= 0.3 is 0 Å². The van der Waals surface area contributed by atoms with Gasteiger partial charge in [-0.05, 0) is 42.5 Å². The number of benzene rings is 1. The molecule has 0 spiro atoms. The highest BCUT2D eigenvalue weighted by atomic mass is 32.2. The number of nitrogens with zero attached hydrogens (tertiary/aromatic N) is 4. The molecule has 3 rings (SSSR count). The van der Waals surface area contributed by atoms with Crippen molar-refractivity contribution >= 4 is 27.3 Å². The van der Waals surface area contributed by atoms with Crippen LogP contribution in [0.4, 0.5) is 0 Å². The summed E-state index contributed by atoms with van der Waals surface area (Å²) in [4.78, 5) is 16.2. The standard InChI is InChI=1S/C19H23N5O3S2/c1-15(16-7-9-17(10-8-16)24-14-20-13-21-24)22-18(25)5-3-11-23(2)29(26,27)19-6-4-12-28-19/h4,6-10,12-15H,3,5,11H2,1-2H3,(H,22,25). The van der Waals surface area contributed by atoms with Crippen LogP contribution in [0.2, 0.25) is 0 Å². The van der Waals surface area contributed by atoms with Gasteiger partial charge in [0.15, 0.2) is 0 Å². The van der Waals surface area contributed by atoms with E-state index in [4.69, 9.17) is 0 Å². The molecular formula is C19H23N5O3S2. The molecule has 8 nitrogen and oxygen atoms in total. The fourth-order valence-corrected chi connectivity index (χ4v) is 5.21. The number of nitrogens with one attached hydrogen (secondary N) is 1. The Morgan fingerprint density at radius 1 is 1.28 bits per heavy atom. The van der Waals surface area contributed by atoms with Gasteiger partial charge in [-0.2, -0.15) is 5.10 Å². The van der Waals surface area contributed by atoms with Crippen molar-refractivity contribution in [2.75, 3.05) is 13.6 Å². The third-order valence-electron chi connectivity index (χ3n) is 4.49. The molecule has 1 aromatic carbocycles. The van der Waals surface area contributed by atoms with Crippen LogP contribution >= 0.6 is 11.3 Å². The Labute approximate surface area is 174 Å². The molecule has 154 valence electrons.